The van der Waals surface area contributed by atoms with Crippen LogP contribution in [0, 0.1) is 0 Å². The molecule has 0 bridgehead atoms. The first-order valence-corrected chi connectivity index (χ1v) is 7.96. The molecule has 0 aliphatic carbocycles. The summed E-state index contributed by atoms with van der Waals surface area (Å²) in [6.07, 6.45) is 5.28. The smallest absolute Gasteiger partial charge is 0.251 e. The minimum atomic E-state index is -0.0506. The molecule has 1 N–H and O–H groups in total. The van der Waals surface area contributed by atoms with Crippen LogP contribution in [0.5, 0.6) is 0 Å². The van der Waals surface area contributed by atoms with E-state index in [4.69, 9.17) is 0 Å². The normalized spacial score (nSPS) is 15.3. The van der Waals surface area contributed by atoms with Crippen molar-refractivity contribution in [2.45, 2.75) is 39.2 Å². The van der Waals surface area contributed by atoms with Gasteiger partial charge in [-0.2, -0.15) is 0 Å². The number of nitrogens with zero attached hydrogens (tertiary/aromatic N) is 3. The van der Waals surface area contributed by atoms with E-state index in [9.17, 15) is 4.79 Å². The van der Waals surface area contributed by atoms with Crippen molar-refractivity contribution in [3.63, 3.8) is 0 Å². The molecule has 1 aliphatic heterocycles. The monoisotopic (exact) mass is 298 g/mol. The van der Waals surface area contributed by atoms with Gasteiger partial charge in [-0.25, -0.2) is 9.97 Å². The second kappa shape index (κ2) is 6.30. The lowest BCUT2D eigenvalue weighted by molar-refractivity contribution is 0.0943. The highest BCUT2D eigenvalue weighted by molar-refractivity contribution is 6.00. The molecule has 0 unspecified atom stereocenters. The summed E-state index contributed by atoms with van der Waals surface area (Å²) in [5.74, 6) is 0.897. The van der Waals surface area contributed by atoms with E-state index in [1.54, 1.807) is 6.33 Å². The first kappa shape index (κ1) is 14.8. The molecule has 22 heavy (non-hydrogen) atoms. The number of benzene rings is 1. The summed E-state index contributed by atoms with van der Waals surface area (Å²) in [6.45, 7) is 5.96. The lowest BCUT2D eigenvalue weighted by Crippen LogP contribution is -2.31. The largest absolute Gasteiger partial charge is 0.356 e. The standard InChI is InChI=1S/C17H22N4O/c1-12(2)20-17(22)13-6-7-15-14(10-13)16(19-11-18-15)21-8-4-3-5-9-21/h6-7,10-12H,3-5,8-9H2,1-2H3,(H,20,22). The fourth-order valence-corrected chi connectivity index (χ4v) is 2.89. The van der Waals surface area contributed by atoms with E-state index in [-0.39, 0.29) is 11.9 Å². The molecule has 1 saturated heterocycles. The van der Waals surface area contributed by atoms with E-state index in [1.807, 2.05) is 32.0 Å². The maximum absolute atomic E-state index is 12.2. The Morgan fingerprint density at radius 2 is 1.95 bits per heavy atom. The third kappa shape index (κ3) is 3.03. The summed E-state index contributed by atoms with van der Waals surface area (Å²) < 4.78 is 0. The Labute approximate surface area is 130 Å². The topological polar surface area (TPSA) is 58.1 Å². The molecule has 3 rings (SSSR count). The fourth-order valence-electron chi connectivity index (χ4n) is 2.89. The summed E-state index contributed by atoms with van der Waals surface area (Å²) in [5, 5.41) is 3.89. The average Bonchev–Trinajstić information content (AvgIpc) is 2.54. The van der Waals surface area contributed by atoms with E-state index >= 15 is 0 Å². The van der Waals surface area contributed by atoms with Gasteiger partial charge in [-0.1, -0.05) is 0 Å². The van der Waals surface area contributed by atoms with Gasteiger partial charge in [0.25, 0.3) is 5.91 Å². The molecule has 1 amide bonds. The minimum absolute atomic E-state index is 0.0506. The van der Waals surface area contributed by atoms with Crippen LogP contribution in [0.4, 0.5) is 5.82 Å². The van der Waals surface area contributed by atoms with Gasteiger partial charge in [0, 0.05) is 30.1 Å². The first-order valence-electron chi connectivity index (χ1n) is 7.96. The number of hydrogen-bond acceptors (Lipinski definition) is 4. The molecule has 1 aromatic carbocycles. The van der Waals surface area contributed by atoms with Gasteiger partial charge in [-0.3, -0.25) is 4.79 Å². The number of amides is 1. The molecule has 2 aromatic rings. The Morgan fingerprint density at radius 1 is 1.18 bits per heavy atom. The number of aromatic nitrogens is 2. The zero-order valence-electron chi connectivity index (χ0n) is 13.2. The van der Waals surface area contributed by atoms with Crippen LogP contribution in [0.15, 0.2) is 24.5 Å². The van der Waals surface area contributed by atoms with E-state index in [1.165, 1.54) is 19.3 Å². The van der Waals surface area contributed by atoms with Crippen molar-refractivity contribution in [3.05, 3.63) is 30.1 Å². The third-order valence-corrected chi connectivity index (χ3v) is 3.95. The molecule has 2 heterocycles. The first-order chi connectivity index (χ1) is 10.6. The van der Waals surface area contributed by atoms with Crippen molar-refractivity contribution in [2.75, 3.05) is 18.0 Å². The molecule has 5 nitrogen and oxygen atoms in total. The quantitative estimate of drug-likeness (QED) is 0.946. The summed E-state index contributed by atoms with van der Waals surface area (Å²) in [5.41, 5.74) is 1.55. The van der Waals surface area contributed by atoms with Crippen molar-refractivity contribution in [2.24, 2.45) is 0 Å². The number of hydrogen-bond donors (Lipinski definition) is 1. The number of nitrogens with one attached hydrogen (secondary N) is 1. The molecule has 0 atom stereocenters. The number of anilines is 1. The lowest BCUT2D eigenvalue weighted by Gasteiger charge is -2.28. The molecule has 0 saturated carbocycles. The Balaban J connectivity index is 2.00. The Morgan fingerprint density at radius 3 is 2.68 bits per heavy atom. The maximum atomic E-state index is 12.2. The van der Waals surface area contributed by atoms with Gasteiger partial charge in [-0.15, -0.1) is 0 Å². The molecule has 116 valence electrons. The van der Waals surface area contributed by atoms with Crippen LogP contribution in [0.2, 0.25) is 0 Å². The van der Waals surface area contributed by atoms with E-state index in [0.29, 0.717) is 5.56 Å². The molecule has 1 aliphatic rings. The van der Waals surface area contributed by atoms with Gasteiger partial charge < -0.3 is 10.2 Å². The van der Waals surface area contributed by atoms with Gasteiger partial charge in [0.15, 0.2) is 0 Å². The van der Waals surface area contributed by atoms with E-state index in [2.05, 4.69) is 20.2 Å². The van der Waals surface area contributed by atoms with Gasteiger partial charge >= 0.3 is 0 Å². The summed E-state index contributed by atoms with van der Waals surface area (Å²) >= 11 is 0. The van der Waals surface area contributed by atoms with Crippen LogP contribution in [-0.4, -0.2) is 35.0 Å². The van der Waals surface area contributed by atoms with Crippen molar-refractivity contribution < 1.29 is 4.79 Å². The van der Waals surface area contributed by atoms with E-state index < -0.39 is 0 Å². The predicted molar refractivity (Wildman–Crippen MR) is 88.2 cm³/mol. The van der Waals surface area contributed by atoms with Crippen molar-refractivity contribution >= 4 is 22.6 Å². The van der Waals surface area contributed by atoms with Crippen LogP contribution >= 0.6 is 0 Å². The van der Waals surface area contributed by atoms with Gasteiger partial charge in [-0.05, 0) is 51.3 Å². The van der Waals surface area contributed by atoms with Crippen LogP contribution in [0.3, 0.4) is 0 Å². The zero-order chi connectivity index (χ0) is 15.5. The highest BCUT2D eigenvalue weighted by Crippen LogP contribution is 2.26. The number of carbonyl (C=O) groups is 1. The SMILES string of the molecule is CC(C)NC(=O)c1ccc2ncnc(N3CCCCC3)c2c1. The lowest BCUT2D eigenvalue weighted by atomic mass is 10.1. The Bertz CT molecular complexity index is 677. The minimum Gasteiger partial charge on any atom is -0.356 e. The number of rotatable bonds is 3. The van der Waals surface area contributed by atoms with Crippen LogP contribution in [-0.2, 0) is 0 Å². The highest BCUT2D eigenvalue weighted by Gasteiger charge is 2.16. The van der Waals surface area contributed by atoms with Crippen molar-refractivity contribution in [1.29, 1.82) is 0 Å². The van der Waals surface area contributed by atoms with Gasteiger partial charge in [0.05, 0.1) is 5.52 Å². The molecular formula is C17H22N4O. The maximum Gasteiger partial charge on any atom is 0.251 e. The van der Waals surface area contributed by atoms with Crippen molar-refractivity contribution in [1.82, 2.24) is 15.3 Å². The third-order valence-electron chi connectivity index (χ3n) is 3.95. The second-order valence-electron chi connectivity index (χ2n) is 6.11. The van der Waals surface area contributed by atoms with Crippen LogP contribution in [0.25, 0.3) is 10.9 Å². The Hall–Kier alpha value is -2.17. The molecule has 0 spiro atoms. The number of fused-ring (bicyclic) bond motifs is 1. The molecule has 1 fully saturated rings. The predicted octanol–water partition coefficient (Wildman–Crippen LogP) is 2.76. The fraction of sp³-hybridized carbons (Fsp3) is 0.471. The summed E-state index contributed by atoms with van der Waals surface area (Å²) in [4.78, 5) is 23.3. The summed E-state index contributed by atoms with van der Waals surface area (Å²) in [6, 6.07) is 5.76. The van der Waals surface area contributed by atoms with Crippen molar-refractivity contribution in [3.8, 4) is 0 Å². The number of piperidine rings is 1. The van der Waals surface area contributed by atoms with Crippen LogP contribution < -0.4 is 10.2 Å². The molecular weight excluding hydrogens is 276 g/mol. The van der Waals surface area contributed by atoms with E-state index in [0.717, 1.165) is 29.8 Å². The highest BCUT2D eigenvalue weighted by atomic mass is 16.1. The molecule has 5 heteroatoms. The molecule has 1 aromatic heterocycles. The molecule has 0 radical (unpaired) electrons. The second-order valence-corrected chi connectivity index (χ2v) is 6.11. The van der Waals surface area contributed by atoms with Crippen LogP contribution in [0.1, 0.15) is 43.5 Å². The summed E-state index contributed by atoms with van der Waals surface area (Å²) in [7, 11) is 0. The Kier molecular flexibility index (Phi) is 4.22. The van der Waals surface area contributed by atoms with Gasteiger partial charge in [0.2, 0.25) is 0 Å². The van der Waals surface area contributed by atoms with Gasteiger partial charge in [0.1, 0.15) is 12.1 Å². The average molecular weight is 298 g/mol. The number of carbonyl (C=O) groups excluding carboxylic acids is 1. The zero-order valence-corrected chi connectivity index (χ0v) is 13.2.